The third kappa shape index (κ3) is 1.90. The second kappa shape index (κ2) is 3.99. The molecule has 0 fully saturated rings. The van der Waals surface area contributed by atoms with Crippen LogP contribution in [-0.4, -0.2) is 0 Å². The second-order valence-corrected chi connectivity index (χ2v) is 4.36. The maximum atomic E-state index is 5.98. The van der Waals surface area contributed by atoms with Gasteiger partial charge in [-0.15, -0.1) is 12.4 Å². The van der Waals surface area contributed by atoms with Crippen LogP contribution in [0.4, 0.5) is 0 Å². The van der Waals surface area contributed by atoms with E-state index in [-0.39, 0.29) is 18.4 Å². The van der Waals surface area contributed by atoms with E-state index in [2.05, 4.69) is 35.0 Å². The van der Waals surface area contributed by atoms with Gasteiger partial charge in [0.15, 0.2) is 0 Å². The number of nitrogens with two attached hydrogens (primary N) is 1. The molecule has 2 N–H and O–H groups in total. The first kappa shape index (κ1) is 11.0. The van der Waals surface area contributed by atoms with E-state index in [1.165, 1.54) is 21.2 Å². The molecule has 1 aromatic carbocycles. The maximum Gasteiger partial charge on any atom is 0.0303 e. The highest BCUT2D eigenvalue weighted by Crippen LogP contribution is 2.33. The predicted octanol–water partition coefficient (Wildman–Crippen LogP) is 3.13. The molecule has 3 heteroatoms. The van der Waals surface area contributed by atoms with Crippen LogP contribution in [0.25, 0.3) is 0 Å². The first-order valence-electron chi connectivity index (χ1n) is 4.23. The number of hydrogen-bond donors (Lipinski definition) is 1. The summed E-state index contributed by atoms with van der Waals surface area (Å²) in [6, 6.07) is 4.60. The van der Waals surface area contributed by atoms with Crippen molar-refractivity contribution in [2.45, 2.75) is 25.8 Å². The summed E-state index contributed by atoms with van der Waals surface area (Å²) < 4.78 is 1.17. The summed E-state index contributed by atoms with van der Waals surface area (Å²) in [6.45, 7) is 2.13. The minimum Gasteiger partial charge on any atom is -0.324 e. The molecule has 1 aliphatic carbocycles. The van der Waals surface area contributed by atoms with Crippen molar-refractivity contribution < 1.29 is 0 Å². The van der Waals surface area contributed by atoms with Crippen LogP contribution >= 0.6 is 28.3 Å². The van der Waals surface area contributed by atoms with Crippen LogP contribution in [0.5, 0.6) is 0 Å². The van der Waals surface area contributed by atoms with Crippen molar-refractivity contribution in [1.82, 2.24) is 0 Å². The fourth-order valence-electron chi connectivity index (χ4n) is 2.02. The second-order valence-electron chi connectivity index (χ2n) is 3.44. The zero-order chi connectivity index (χ0) is 8.72. The Balaban J connectivity index is 0.000000845. The Bertz CT molecular complexity index is 325. The lowest BCUT2D eigenvalue weighted by Crippen LogP contribution is -2.06. The van der Waals surface area contributed by atoms with Crippen molar-refractivity contribution in [3.63, 3.8) is 0 Å². The highest BCUT2D eigenvalue weighted by Gasteiger charge is 2.20. The lowest BCUT2D eigenvalue weighted by atomic mass is 10.0. The zero-order valence-corrected chi connectivity index (χ0v) is 9.91. The molecule has 0 bridgehead atoms. The molecule has 1 atom stereocenters. The van der Waals surface area contributed by atoms with E-state index in [1.54, 1.807) is 0 Å². The van der Waals surface area contributed by atoms with Crippen molar-refractivity contribution in [1.29, 1.82) is 0 Å². The van der Waals surface area contributed by atoms with Gasteiger partial charge in [0.1, 0.15) is 0 Å². The number of fused-ring (bicyclic) bond motifs is 1. The minimum atomic E-state index is 0. The van der Waals surface area contributed by atoms with Gasteiger partial charge in [0.05, 0.1) is 0 Å². The molecule has 1 aromatic rings. The van der Waals surface area contributed by atoms with Crippen LogP contribution in [-0.2, 0) is 6.42 Å². The first-order chi connectivity index (χ1) is 5.68. The fraction of sp³-hybridized carbons (Fsp3) is 0.400. The van der Waals surface area contributed by atoms with Gasteiger partial charge in [-0.3, -0.25) is 0 Å². The lowest BCUT2D eigenvalue weighted by Gasteiger charge is -2.08. The first-order valence-corrected chi connectivity index (χ1v) is 5.02. The van der Waals surface area contributed by atoms with Crippen LogP contribution < -0.4 is 5.73 Å². The standard InChI is InChI=1S/C10H12BrN.ClH/c1-6-4-8(11)5-7-2-3-9(12)10(6)7;/h4-5,9H,2-3,12H2,1H3;1H. The molecular formula is C10H13BrClN. The number of hydrogen-bond acceptors (Lipinski definition) is 1. The molecule has 0 saturated carbocycles. The molecule has 0 spiro atoms. The van der Waals surface area contributed by atoms with Crippen molar-refractivity contribution in [3.8, 4) is 0 Å². The molecule has 1 aliphatic rings. The van der Waals surface area contributed by atoms with Gasteiger partial charge in [0.25, 0.3) is 0 Å². The molecule has 2 rings (SSSR count). The van der Waals surface area contributed by atoms with Crippen molar-refractivity contribution >= 4 is 28.3 Å². The van der Waals surface area contributed by atoms with E-state index in [1.807, 2.05) is 0 Å². The van der Waals surface area contributed by atoms with Gasteiger partial charge in [-0.1, -0.05) is 15.9 Å². The SMILES string of the molecule is Cc1cc(Br)cc2c1C(N)CC2.Cl. The summed E-state index contributed by atoms with van der Waals surface area (Å²) in [5.41, 5.74) is 10.1. The lowest BCUT2D eigenvalue weighted by molar-refractivity contribution is 0.710. The number of aryl methyl sites for hydroxylation is 2. The van der Waals surface area contributed by atoms with Gasteiger partial charge in [-0.05, 0) is 48.6 Å². The van der Waals surface area contributed by atoms with Gasteiger partial charge in [0, 0.05) is 10.5 Å². The Hall–Kier alpha value is -0.0500. The van der Waals surface area contributed by atoms with Gasteiger partial charge in [0.2, 0.25) is 0 Å². The van der Waals surface area contributed by atoms with E-state index in [9.17, 15) is 0 Å². The molecule has 72 valence electrons. The molecule has 13 heavy (non-hydrogen) atoms. The normalized spacial score (nSPS) is 19.5. The molecular weight excluding hydrogens is 249 g/mol. The predicted molar refractivity (Wildman–Crippen MR) is 61.4 cm³/mol. The molecule has 0 radical (unpaired) electrons. The molecule has 0 aliphatic heterocycles. The minimum absolute atomic E-state index is 0. The van der Waals surface area contributed by atoms with E-state index in [4.69, 9.17) is 5.73 Å². The zero-order valence-electron chi connectivity index (χ0n) is 7.51. The van der Waals surface area contributed by atoms with Crippen molar-refractivity contribution in [2.24, 2.45) is 5.73 Å². The summed E-state index contributed by atoms with van der Waals surface area (Å²) in [4.78, 5) is 0. The maximum absolute atomic E-state index is 5.98. The van der Waals surface area contributed by atoms with E-state index < -0.39 is 0 Å². The third-order valence-electron chi connectivity index (χ3n) is 2.53. The van der Waals surface area contributed by atoms with E-state index >= 15 is 0 Å². The van der Waals surface area contributed by atoms with Gasteiger partial charge < -0.3 is 5.73 Å². The summed E-state index contributed by atoms with van der Waals surface area (Å²) in [6.07, 6.45) is 2.24. The monoisotopic (exact) mass is 261 g/mol. The Morgan fingerprint density at radius 2 is 2.15 bits per heavy atom. The van der Waals surface area contributed by atoms with Crippen LogP contribution in [0.2, 0.25) is 0 Å². The van der Waals surface area contributed by atoms with Crippen LogP contribution in [0.15, 0.2) is 16.6 Å². The number of rotatable bonds is 0. The molecule has 0 saturated heterocycles. The van der Waals surface area contributed by atoms with Crippen molar-refractivity contribution in [3.05, 3.63) is 33.3 Å². The topological polar surface area (TPSA) is 26.0 Å². The summed E-state index contributed by atoms with van der Waals surface area (Å²) in [7, 11) is 0. The Morgan fingerprint density at radius 3 is 2.85 bits per heavy atom. The Labute approximate surface area is 93.2 Å². The van der Waals surface area contributed by atoms with Gasteiger partial charge >= 0.3 is 0 Å². The molecule has 0 amide bonds. The van der Waals surface area contributed by atoms with Crippen LogP contribution in [0.1, 0.15) is 29.2 Å². The van der Waals surface area contributed by atoms with E-state index in [0.29, 0.717) is 0 Å². The largest absolute Gasteiger partial charge is 0.324 e. The molecule has 1 unspecified atom stereocenters. The third-order valence-corrected chi connectivity index (χ3v) is 2.99. The summed E-state index contributed by atoms with van der Waals surface area (Å²) in [5.74, 6) is 0. The molecule has 1 nitrogen and oxygen atoms in total. The summed E-state index contributed by atoms with van der Waals surface area (Å²) in [5, 5.41) is 0. The average Bonchev–Trinajstić information content (AvgIpc) is 2.31. The van der Waals surface area contributed by atoms with Gasteiger partial charge in [-0.2, -0.15) is 0 Å². The molecule has 0 aromatic heterocycles. The highest BCUT2D eigenvalue weighted by atomic mass is 79.9. The Kier molecular flexibility index (Phi) is 3.38. The number of halogens is 2. The highest BCUT2D eigenvalue weighted by molar-refractivity contribution is 9.10. The van der Waals surface area contributed by atoms with Crippen LogP contribution in [0, 0.1) is 6.92 Å². The van der Waals surface area contributed by atoms with Crippen molar-refractivity contribution in [2.75, 3.05) is 0 Å². The van der Waals surface area contributed by atoms with E-state index in [0.717, 1.165) is 12.8 Å². The number of benzene rings is 1. The Morgan fingerprint density at radius 1 is 1.46 bits per heavy atom. The van der Waals surface area contributed by atoms with Crippen LogP contribution in [0.3, 0.4) is 0 Å². The smallest absolute Gasteiger partial charge is 0.0303 e. The quantitative estimate of drug-likeness (QED) is 0.764. The summed E-state index contributed by atoms with van der Waals surface area (Å²) >= 11 is 3.49. The fourth-order valence-corrected chi connectivity index (χ4v) is 2.64. The van der Waals surface area contributed by atoms with Gasteiger partial charge in [-0.25, -0.2) is 0 Å². The average molecular weight is 263 g/mol. The molecule has 0 heterocycles.